The number of aromatic nitrogens is 4. The fourth-order valence-corrected chi connectivity index (χ4v) is 1.47. The van der Waals surface area contributed by atoms with Crippen LogP contribution >= 0.6 is 0 Å². The molecule has 16 heavy (non-hydrogen) atoms. The standard InChI is InChI=1S/C11H15N5/c1-16-9-11(14-15-16)8-13-6-4-10-3-2-5-12-7-10/h2-3,5,7,9,13H,4,6,8H2,1H3. The molecule has 0 unspecified atom stereocenters. The van der Waals surface area contributed by atoms with Gasteiger partial charge in [-0.05, 0) is 24.6 Å². The minimum absolute atomic E-state index is 0.758. The minimum Gasteiger partial charge on any atom is -0.311 e. The Balaban J connectivity index is 1.69. The number of rotatable bonds is 5. The van der Waals surface area contributed by atoms with Crippen molar-refractivity contribution in [1.29, 1.82) is 0 Å². The largest absolute Gasteiger partial charge is 0.311 e. The van der Waals surface area contributed by atoms with Gasteiger partial charge in [0, 0.05) is 32.2 Å². The van der Waals surface area contributed by atoms with Crippen molar-refractivity contribution in [3.05, 3.63) is 42.0 Å². The van der Waals surface area contributed by atoms with E-state index in [4.69, 9.17) is 0 Å². The van der Waals surface area contributed by atoms with Crippen LogP contribution in [0.4, 0.5) is 0 Å². The summed E-state index contributed by atoms with van der Waals surface area (Å²) in [7, 11) is 1.87. The monoisotopic (exact) mass is 217 g/mol. The first-order chi connectivity index (χ1) is 7.84. The number of nitrogens with one attached hydrogen (secondary N) is 1. The van der Waals surface area contributed by atoms with Crippen molar-refractivity contribution in [1.82, 2.24) is 25.3 Å². The Hall–Kier alpha value is -1.75. The summed E-state index contributed by atoms with van der Waals surface area (Å²) in [5.74, 6) is 0. The fraction of sp³-hybridized carbons (Fsp3) is 0.364. The van der Waals surface area contributed by atoms with Crippen molar-refractivity contribution in [2.45, 2.75) is 13.0 Å². The number of aryl methyl sites for hydroxylation is 1. The molecule has 2 heterocycles. The highest BCUT2D eigenvalue weighted by Gasteiger charge is 1.97. The summed E-state index contributed by atoms with van der Waals surface area (Å²) in [4.78, 5) is 4.07. The predicted octanol–water partition coefficient (Wildman–Crippen LogP) is 0.542. The number of pyridine rings is 1. The van der Waals surface area contributed by atoms with Gasteiger partial charge < -0.3 is 5.32 Å². The summed E-state index contributed by atoms with van der Waals surface area (Å²) >= 11 is 0. The summed E-state index contributed by atoms with van der Waals surface area (Å²) in [6.07, 6.45) is 6.58. The van der Waals surface area contributed by atoms with Crippen LogP contribution in [0, 0.1) is 0 Å². The zero-order chi connectivity index (χ0) is 11.2. The maximum Gasteiger partial charge on any atom is 0.0964 e. The zero-order valence-electron chi connectivity index (χ0n) is 9.30. The molecule has 2 rings (SSSR count). The van der Waals surface area contributed by atoms with E-state index >= 15 is 0 Å². The van der Waals surface area contributed by atoms with Crippen LogP contribution in [0.25, 0.3) is 0 Å². The summed E-state index contributed by atoms with van der Waals surface area (Å²) in [5, 5.41) is 11.2. The van der Waals surface area contributed by atoms with Crippen molar-refractivity contribution in [3.8, 4) is 0 Å². The highest BCUT2D eigenvalue weighted by Crippen LogP contribution is 1.96. The normalized spacial score (nSPS) is 10.6. The van der Waals surface area contributed by atoms with E-state index in [1.165, 1.54) is 5.56 Å². The Morgan fingerprint density at radius 2 is 2.38 bits per heavy atom. The molecule has 0 saturated carbocycles. The molecule has 5 heteroatoms. The number of hydrogen-bond donors (Lipinski definition) is 1. The second kappa shape index (κ2) is 5.37. The van der Waals surface area contributed by atoms with E-state index in [0.717, 1.165) is 25.2 Å². The van der Waals surface area contributed by atoms with Crippen LogP contribution in [0.3, 0.4) is 0 Å². The van der Waals surface area contributed by atoms with Gasteiger partial charge in [0.15, 0.2) is 0 Å². The molecule has 1 N–H and O–H groups in total. The quantitative estimate of drug-likeness (QED) is 0.743. The first-order valence-electron chi connectivity index (χ1n) is 5.29. The van der Waals surface area contributed by atoms with Crippen LogP contribution in [-0.2, 0) is 20.0 Å². The van der Waals surface area contributed by atoms with E-state index in [2.05, 4.69) is 26.7 Å². The Bertz CT molecular complexity index is 423. The lowest BCUT2D eigenvalue weighted by Gasteiger charge is -2.01. The van der Waals surface area contributed by atoms with Gasteiger partial charge >= 0.3 is 0 Å². The molecule has 2 aromatic heterocycles. The molecule has 0 radical (unpaired) electrons. The van der Waals surface area contributed by atoms with Gasteiger partial charge in [-0.2, -0.15) is 0 Å². The van der Waals surface area contributed by atoms with Crippen molar-refractivity contribution >= 4 is 0 Å². The van der Waals surface area contributed by atoms with Gasteiger partial charge in [0.2, 0.25) is 0 Å². The van der Waals surface area contributed by atoms with Gasteiger partial charge in [0.1, 0.15) is 0 Å². The molecule has 0 bridgehead atoms. The Morgan fingerprint density at radius 3 is 3.06 bits per heavy atom. The molecule has 2 aromatic rings. The first-order valence-corrected chi connectivity index (χ1v) is 5.29. The Morgan fingerprint density at radius 1 is 1.44 bits per heavy atom. The second-order valence-corrected chi connectivity index (χ2v) is 3.67. The van der Waals surface area contributed by atoms with E-state index < -0.39 is 0 Å². The molecule has 0 fully saturated rings. The van der Waals surface area contributed by atoms with E-state index in [9.17, 15) is 0 Å². The van der Waals surface area contributed by atoms with Gasteiger partial charge in [-0.15, -0.1) is 5.10 Å². The average Bonchev–Trinajstić information content (AvgIpc) is 2.72. The summed E-state index contributed by atoms with van der Waals surface area (Å²) in [6, 6.07) is 4.04. The molecule has 5 nitrogen and oxygen atoms in total. The van der Waals surface area contributed by atoms with Gasteiger partial charge in [0.05, 0.1) is 5.69 Å². The van der Waals surface area contributed by atoms with Crippen LogP contribution in [0.1, 0.15) is 11.3 Å². The number of nitrogens with zero attached hydrogens (tertiary/aromatic N) is 4. The molecular formula is C11H15N5. The molecule has 0 atom stereocenters. The SMILES string of the molecule is Cn1cc(CNCCc2cccnc2)nn1. The van der Waals surface area contributed by atoms with Gasteiger partial charge in [-0.1, -0.05) is 11.3 Å². The fourth-order valence-electron chi connectivity index (χ4n) is 1.47. The Kier molecular flexibility index (Phi) is 3.61. The maximum atomic E-state index is 4.07. The molecule has 0 saturated heterocycles. The van der Waals surface area contributed by atoms with Gasteiger partial charge in [-0.25, -0.2) is 0 Å². The van der Waals surface area contributed by atoms with Crippen LogP contribution < -0.4 is 5.32 Å². The van der Waals surface area contributed by atoms with Crippen molar-refractivity contribution < 1.29 is 0 Å². The van der Waals surface area contributed by atoms with E-state index in [0.29, 0.717) is 0 Å². The van der Waals surface area contributed by atoms with Crippen molar-refractivity contribution in [3.63, 3.8) is 0 Å². The molecular weight excluding hydrogens is 202 g/mol. The molecule has 84 valence electrons. The lowest BCUT2D eigenvalue weighted by molar-refractivity contribution is 0.669. The van der Waals surface area contributed by atoms with Crippen LogP contribution in [0.5, 0.6) is 0 Å². The lowest BCUT2D eigenvalue weighted by Crippen LogP contribution is -2.16. The number of hydrogen-bond acceptors (Lipinski definition) is 4. The third kappa shape index (κ3) is 3.13. The first kappa shape index (κ1) is 10.8. The molecule has 0 aromatic carbocycles. The van der Waals surface area contributed by atoms with E-state index in [1.807, 2.05) is 25.5 Å². The summed E-state index contributed by atoms with van der Waals surface area (Å²) in [6.45, 7) is 1.68. The Labute approximate surface area is 94.5 Å². The van der Waals surface area contributed by atoms with Crippen LogP contribution in [-0.4, -0.2) is 26.5 Å². The lowest BCUT2D eigenvalue weighted by atomic mass is 10.2. The molecule has 0 aliphatic heterocycles. The average molecular weight is 217 g/mol. The highest BCUT2D eigenvalue weighted by atomic mass is 15.4. The third-order valence-corrected chi connectivity index (χ3v) is 2.27. The summed E-state index contributed by atoms with van der Waals surface area (Å²) in [5.41, 5.74) is 2.21. The minimum atomic E-state index is 0.758. The van der Waals surface area contributed by atoms with Crippen LogP contribution in [0.2, 0.25) is 0 Å². The topological polar surface area (TPSA) is 55.6 Å². The maximum absolute atomic E-state index is 4.07. The van der Waals surface area contributed by atoms with Gasteiger partial charge in [-0.3, -0.25) is 9.67 Å². The van der Waals surface area contributed by atoms with Crippen molar-refractivity contribution in [2.75, 3.05) is 6.54 Å². The summed E-state index contributed by atoms with van der Waals surface area (Å²) < 4.78 is 1.71. The molecule has 0 aliphatic rings. The van der Waals surface area contributed by atoms with Gasteiger partial charge in [0.25, 0.3) is 0 Å². The van der Waals surface area contributed by atoms with Crippen LogP contribution in [0.15, 0.2) is 30.7 Å². The second-order valence-electron chi connectivity index (χ2n) is 3.67. The van der Waals surface area contributed by atoms with E-state index in [1.54, 1.807) is 10.9 Å². The predicted molar refractivity (Wildman–Crippen MR) is 60.7 cm³/mol. The molecule has 0 aliphatic carbocycles. The van der Waals surface area contributed by atoms with E-state index in [-0.39, 0.29) is 0 Å². The smallest absolute Gasteiger partial charge is 0.0964 e. The molecule has 0 spiro atoms. The van der Waals surface area contributed by atoms with Crippen molar-refractivity contribution in [2.24, 2.45) is 7.05 Å². The third-order valence-electron chi connectivity index (χ3n) is 2.27. The highest BCUT2D eigenvalue weighted by molar-refractivity contribution is 5.08. The molecule has 0 amide bonds. The zero-order valence-corrected chi connectivity index (χ0v) is 9.30.